The number of aromatic nitrogens is 2. The van der Waals surface area contributed by atoms with Crippen LogP contribution in [0.5, 0.6) is 5.75 Å². The molecule has 0 amide bonds. The number of rotatable bonds is 6. The highest BCUT2D eigenvalue weighted by Gasteiger charge is 2.46. The normalized spacial score (nSPS) is 12.5. The van der Waals surface area contributed by atoms with Gasteiger partial charge in [0.25, 0.3) is 0 Å². The van der Waals surface area contributed by atoms with Gasteiger partial charge in [0.2, 0.25) is 6.10 Å². The molecule has 0 unspecified atom stereocenters. The molecule has 1 aromatic heterocycles. The molecule has 3 aromatic rings. The second-order valence-electron chi connectivity index (χ2n) is 6.77. The number of benzene rings is 2. The van der Waals surface area contributed by atoms with Crippen LogP contribution in [-0.2, 0) is 16.0 Å². The number of halogens is 3. The molecule has 5 nitrogen and oxygen atoms in total. The summed E-state index contributed by atoms with van der Waals surface area (Å²) >= 11 is 0. The molecule has 158 valence electrons. The molecule has 2 aromatic carbocycles. The first-order valence-electron chi connectivity index (χ1n) is 9.21. The van der Waals surface area contributed by atoms with E-state index in [2.05, 4.69) is 5.10 Å². The average molecular weight is 418 g/mol. The summed E-state index contributed by atoms with van der Waals surface area (Å²) in [5, 5.41) is 4.24. The molecule has 8 heteroatoms. The number of methoxy groups -OCH3 is 1. The third-order valence-electron chi connectivity index (χ3n) is 4.66. The second kappa shape index (κ2) is 8.61. The lowest BCUT2D eigenvalue weighted by Gasteiger charge is -2.21. The lowest BCUT2D eigenvalue weighted by Crippen LogP contribution is -2.28. The van der Waals surface area contributed by atoms with Crippen molar-refractivity contribution in [2.24, 2.45) is 0 Å². The third-order valence-corrected chi connectivity index (χ3v) is 4.66. The van der Waals surface area contributed by atoms with Crippen molar-refractivity contribution in [2.75, 3.05) is 7.11 Å². The fraction of sp³-hybridized carbons (Fsp3) is 0.273. The molecule has 0 radical (unpaired) electrons. The summed E-state index contributed by atoms with van der Waals surface area (Å²) in [5.74, 6) is -0.395. The smallest absolute Gasteiger partial charge is 0.429 e. The topological polar surface area (TPSA) is 53.4 Å². The van der Waals surface area contributed by atoms with E-state index in [9.17, 15) is 18.0 Å². The molecule has 3 rings (SSSR count). The standard InChI is InChI=1S/C22H21F3N2O3/c1-14-20(15(2)27(26-14)17-7-5-4-6-8-17)21(22(23,24)25)30-19(28)13-16-9-11-18(29-3)12-10-16/h4-12,21H,13H2,1-3H3/t21-/m0/s1. The maximum Gasteiger partial charge on any atom is 0.429 e. The van der Waals surface area contributed by atoms with Gasteiger partial charge >= 0.3 is 12.1 Å². The molecule has 0 spiro atoms. The van der Waals surface area contributed by atoms with Crippen LogP contribution in [0.1, 0.15) is 28.6 Å². The Balaban J connectivity index is 1.88. The van der Waals surface area contributed by atoms with E-state index in [0.717, 1.165) is 0 Å². The zero-order valence-corrected chi connectivity index (χ0v) is 16.7. The van der Waals surface area contributed by atoms with E-state index >= 15 is 0 Å². The summed E-state index contributed by atoms with van der Waals surface area (Å²) < 4.78 is 52.9. The minimum atomic E-state index is -4.78. The van der Waals surface area contributed by atoms with E-state index < -0.39 is 18.2 Å². The molecule has 0 bridgehead atoms. The Morgan fingerprint density at radius 3 is 2.27 bits per heavy atom. The van der Waals surface area contributed by atoms with E-state index in [4.69, 9.17) is 9.47 Å². The van der Waals surface area contributed by atoms with Crippen LogP contribution in [0.2, 0.25) is 0 Å². The van der Waals surface area contributed by atoms with E-state index in [1.54, 1.807) is 54.6 Å². The van der Waals surface area contributed by atoms with Crippen LogP contribution in [0.25, 0.3) is 5.69 Å². The summed E-state index contributed by atoms with van der Waals surface area (Å²) in [6.45, 7) is 3.00. The maximum atomic E-state index is 13.8. The van der Waals surface area contributed by atoms with Crippen LogP contribution in [-0.4, -0.2) is 29.0 Å². The number of esters is 1. The summed E-state index contributed by atoms with van der Waals surface area (Å²) in [6.07, 6.45) is -7.47. The van der Waals surface area contributed by atoms with Crippen LogP contribution < -0.4 is 4.74 Å². The van der Waals surface area contributed by atoms with Gasteiger partial charge in [0.15, 0.2) is 0 Å². The van der Waals surface area contributed by atoms with Crippen molar-refractivity contribution in [1.82, 2.24) is 9.78 Å². The minimum absolute atomic E-state index is 0.149. The molecule has 0 saturated carbocycles. The Labute approximate surface area is 172 Å². The van der Waals surface area contributed by atoms with Crippen molar-refractivity contribution in [3.63, 3.8) is 0 Å². The Morgan fingerprint density at radius 2 is 1.70 bits per heavy atom. The maximum absolute atomic E-state index is 13.8. The zero-order chi connectivity index (χ0) is 21.9. The molecule has 1 atom stereocenters. The lowest BCUT2D eigenvalue weighted by molar-refractivity contribution is -0.224. The molecule has 0 fully saturated rings. The van der Waals surface area contributed by atoms with Crippen LogP contribution in [0.4, 0.5) is 13.2 Å². The largest absolute Gasteiger partial charge is 0.497 e. The van der Waals surface area contributed by atoms with Gasteiger partial charge in [0.05, 0.1) is 24.9 Å². The van der Waals surface area contributed by atoms with Crippen molar-refractivity contribution in [3.05, 3.63) is 77.1 Å². The van der Waals surface area contributed by atoms with Gasteiger partial charge in [0.1, 0.15) is 5.75 Å². The molecule has 0 saturated heterocycles. The number of carbonyl (C=O) groups excluding carboxylic acids is 1. The Bertz CT molecular complexity index is 1010. The Hall–Kier alpha value is -3.29. The monoisotopic (exact) mass is 418 g/mol. The summed E-state index contributed by atoms with van der Waals surface area (Å²) in [4.78, 5) is 12.3. The van der Waals surface area contributed by atoms with E-state index in [-0.39, 0.29) is 23.4 Å². The van der Waals surface area contributed by atoms with E-state index in [0.29, 0.717) is 17.0 Å². The zero-order valence-electron chi connectivity index (χ0n) is 16.7. The van der Waals surface area contributed by atoms with E-state index in [1.807, 2.05) is 0 Å². The minimum Gasteiger partial charge on any atom is -0.497 e. The van der Waals surface area contributed by atoms with Gasteiger partial charge in [-0.05, 0) is 43.7 Å². The van der Waals surface area contributed by atoms with Crippen molar-refractivity contribution in [3.8, 4) is 11.4 Å². The van der Waals surface area contributed by atoms with Crippen LogP contribution >= 0.6 is 0 Å². The summed E-state index contributed by atoms with van der Waals surface area (Å²) in [5.41, 5.74) is 1.40. The van der Waals surface area contributed by atoms with Gasteiger partial charge in [-0.15, -0.1) is 0 Å². The van der Waals surface area contributed by atoms with Crippen molar-refractivity contribution in [2.45, 2.75) is 32.5 Å². The third kappa shape index (κ3) is 4.64. The number of nitrogens with zero attached hydrogens (tertiary/aromatic N) is 2. The van der Waals surface area contributed by atoms with Gasteiger partial charge in [-0.1, -0.05) is 30.3 Å². The number of hydrogen-bond donors (Lipinski definition) is 0. The molecular formula is C22H21F3N2O3. The van der Waals surface area contributed by atoms with E-state index in [1.165, 1.54) is 25.6 Å². The van der Waals surface area contributed by atoms with Crippen molar-refractivity contribution >= 4 is 5.97 Å². The predicted molar refractivity (Wildman–Crippen MR) is 105 cm³/mol. The highest BCUT2D eigenvalue weighted by molar-refractivity contribution is 5.73. The second-order valence-corrected chi connectivity index (χ2v) is 6.77. The van der Waals surface area contributed by atoms with Crippen molar-refractivity contribution in [1.29, 1.82) is 0 Å². The lowest BCUT2D eigenvalue weighted by atomic mass is 10.1. The first kappa shape index (κ1) is 21.4. The van der Waals surface area contributed by atoms with Crippen LogP contribution in [0.3, 0.4) is 0 Å². The number of alkyl halides is 3. The first-order chi connectivity index (χ1) is 14.2. The van der Waals surface area contributed by atoms with Gasteiger partial charge in [-0.25, -0.2) is 4.68 Å². The van der Waals surface area contributed by atoms with Crippen molar-refractivity contribution < 1.29 is 27.4 Å². The number of hydrogen-bond acceptors (Lipinski definition) is 4. The van der Waals surface area contributed by atoms with Gasteiger partial charge in [-0.3, -0.25) is 4.79 Å². The molecular weight excluding hydrogens is 397 g/mol. The average Bonchev–Trinajstić information content (AvgIpc) is 3.00. The first-order valence-corrected chi connectivity index (χ1v) is 9.21. The van der Waals surface area contributed by atoms with Crippen LogP contribution in [0.15, 0.2) is 54.6 Å². The quantitative estimate of drug-likeness (QED) is 0.535. The SMILES string of the molecule is COc1ccc(CC(=O)O[C@@H](c2c(C)nn(-c3ccccc3)c2C)C(F)(F)F)cc1. The fourth-order valence-corrected chi connectivity index (χ4v) is 3.23. The van der Waals surface area contributed by atoms with Gasteiger partial charge in [-0.2, -0.15) is 18.3 Å². The van der Waals surface area contributed by atoms with Gasteiger partial charge in [0, 0.05) is 11.3 Å². The highest BCUT2D eigenvalue weighted by Crippen LogP contribution is 2.39. The molecule has 0 N–H and O–H groups in total. The number of ether oxygens (including phenoxy) is 2. The predicted octanol–water partition coefficient (Wildman–Crippen LogP) is 4.89. The molecule has 0 aliphatic rings. The molecule has 30 heavy (non-hydrogen) atoms. The Kier molecular flexibility index (Phi) is 6.14. The summed E-state index contributed by atoms with van der Waals surface area (Å²) in [7, 11) is 1.50. The molecule has 1 heterocycles. The highest BCUT2D eigenvalue weighted by atomic mass is 19.4. The molecule has 0 aliphatic heterocycles. The number of carbonyl (C=O) groups is 1. The molecule has 0 aliphatic carbocycles. The number of aryl methyl sites for hydroxylation is 1. The fourth-order valence-electron chi connectivity index (χ4n) is 3.23. The van der Waals surface area contributed by atoms with Crippen LogP contribution in [0, 0.1) is 13.8 Å². The summed E-state index contributed by atoms with van der Waals surface area (Å²) in [6, 6.07) is 15.3. The number of para-hydroxylation sites is 1. The van der Waals surface area contributed by atoms with Gasteiger partial charge < -0.3 is 9.47 Å². The Morgan fingerprint density at radius 1 is 1.07 bits per heavy atom.